The fraction of sp³-hybridized carbons (Fsp3) is 0.571. The monoisotopic (exact) mass is 265 g/mol. The highest BCUT2D eigenvalue weighted by Crippen LogP contribution is 2.10. The summed E-state index contributed by atoms with van der Waals surface area (Å²) in [6, 6.07) is 1.96. The summed E-state index contributed by atoms with van der Waals surface area (Å²) in [5.41, 5.74) is 2.55. The van der Waals surface area contributed by atoms with Crippen LogP contribution in [0.5, 0.6) is 0 Å². The molecule has 1 rings (SSSR count). The zero-order chi connectivity index (χ0) is 14.6. The highest BCUT2D eigenvalue weighted by atomic mass is 16.2. The van der Waals surface area contributed by atoms with Gasteiger partial charge in [0, 0.05) is 23.0 Å². The first-order chi connectivity index (χ1) is 8.79. The van der Waals surface area contributed by atoms with E-state index in [-0.39, 0.29) is 30.8 Å². The van der Waals surface area contributed by atoms with E-state index in [0.717, 1.165) is 11.4 Å². The Kier molecular flexibility index (Phi) is 5.30. The number of nitrogens with zero attached hydrogens (tertiary/aromatic N) is 1. The minimum absolute atomic E-state index is 0.0293. The zero-order valence-electron chi connectivity index (χ0n) is 12.3. The van der Waals surface area contributed by atoms with Gasteiger partial charge in [0.05, 0.1) is 13.1 Å². The second-order valence-electron chi connectivity index (χ2n) is 5.31. The van der Waals surface area contributed by atoms with E-state index in [4.69, 9.17) is 0 Å². The molecule has 1 heterocycles. The van der Waals surface area contributed by atoms with Gasteiger partial charge in [-0.05, 0) is 40.8 Å². The molecule has 0 radical (unpaired) electrons. The number of aryl methyl sites for hydroxylation is 2. The number of hydrogen-bond acceptors (Lipinski definition) is 3. The van der Waals surface area contributed by atoms with Crippen LogP contribution in [-0.2, 0) is 4.79 Å². The van der Waals surface area contributed by atoms with Crippen LogP contribution in [0.4, 0.5) is 0 Å². The summed E-state index contributed by atoms with van der Waals surface area (Å²) in [4.78, 5) is 28.5. The maximum absolute atomic E-state index is 12.1. The van der Waals surface area contributed by atoms with Crippen molar-refractivity contribution in [3.8, 4) is 0 Å². The van der Waals surface area contributed by atoms with Gasteiger partial charge in [-0.2, -0.15) is 0 Å². The van der Waals surface area contributed by atoms with E-state index in [1.807, 2.05) is 33.8 Å². The molecule has 1 aromatic heterocycles. The maximum atomic E-state index is 12.1. The van der Waals surface area contributed by atoms with Crippen molar-refractivity contribution in [1.29, 1.82) is 0 Å². The SMILES string of the molecule is Cc1cc(C(=O)CN(C)CC(=O)NC(C)C)c(C)[nH]1. The van der Waals surface area contributed by atoms with Crippen LogP contribution in [0.25, 0.3) is 0 Å². The Morgan fingerprint density at radius 1 is 1.32 bits per heavy atom. The number of ketones is 1. The standard InChI is InChI=1S/C14H23N3O2/c1-9(2)15-14(19)8-17(5)7-13(18)12-6-10(3)16-11(12)4/h6,9,16H,7-8H2,1-5H3,(H,15,19). The molecule has 0 bridgehead atoms. The fourth-order valence-electron chi connectivity index (χ4n) is 2.01. The van der Waals surface area contributed by atoms with Gasteiger partial charge in [0.2, 0.25) is 5.91 Å². The van der Waals surface area contributed by atoms with Gasteiger partial charge >= 0.3 is 0 Å². The Morgan fingerprint density at radius 3 is 2.42 bits per heavy atom. The Morgan fingerprint density at radius 2 is 1.95 bits per heavy atom. The molecule has 5 nitrogen and oxygen atoms in total. The topological polar surface area (TPSA) is 65.2 Å². The Balaban J connectivity index is 2.53. The maximum Gasteiger partial charge on any atom is 0.234 e. The van der Waals surface area contributed by atoms with E-state index in [0.29, 0.717) is 5.56 Å². The van der Waals surface area contributed by atoms with Crippen LogP contribution in [0, 0.1) is 13.8 Å². The lowest BCUT2D eigenvalue weighted by molar-refractivity contribution is -0.122. The van der Waals surface area contributed by atoms with E-state index in [2.05, 4.69) is 10.3 Å². The van der Waals surface area contributed by atoms with E-state index in [1.165, 1.54) is 0 Å². The Labute approximate surface area is 114 Å². The summed E-state index contributed by atoms with van der Waals surface area (Å²) < 4.78 is 0. The molecule has 106 valence electrons. The average molecular weight is 265 g/mol. The van der Waals surface area contributed by atoms with Crippen molar-refractivity contribution in [2.45, 2.75) is 33.7 Å². The van der Waals surface area contributed by atoms with Crippen LogP contribution in [-0.4, -0.2) is 47.8 Å². The minimum Gasteiger partial charge on any atom is -0.362 e. The van der Waals surface area contributed by atoms with Gasteiger partial charge in [0.1, 0.15) is 0 Å². The van der Waals surface area contributed by atoms with Crippen LogP contribution in [0.3, 0.4) is 0 Å². The summed E-state index contributed by atoms with van der Waals surface area (Å²) in [6.07, 6.45) is 0. The third-order valence-electron chi connectivity index (χ3n) is 2.73. The second kappa shape index (κ2) is 6.52. The number of aromatic amines is 1. The molecule has 19 heavy (non-hydrogen) atoms. The Hall–Kier alpha value is -1.62. The lowest BCUT2D eigenvalue weighted by atomic mass is 10.1. The number of rotatable bonds is 6. The predicted molar refractivity (Wildman–Crippen MR) is 75.4 cm³/mol. The third kappa shape index (κ3) is 4.87. The van der Waals surface area contributed by atoms with E-state index < -0.39 is 0 Å². The molecule has 0 aromatic carbocycles. The number of hydrogen-bond donors (Lipinski definition) is 2. The smallest absolute Gasteiger partial charge is 0.234 e. The molecule has 0 saturated carbocycles. The number of amides is 1. The minimum atomic E-state index is -0.0627. The van der Waals surface area contributed by atoms with Crippen molar-refractivity contribution in [3.63, 3.8) is 0 Å². The first kappa shape index (κ1) is 15.4. The zero-order valence-corrected chi connectivity index (χ0v) is 12.3. The van der Waals surface area contributed by atoms with Crippen LogP contribution >= 0.6 is 0 Å². The fourth-order valence-corrected chi connectivity index (χ4v) is 2.01. The van der Waals surface area contributed by atoms with Crippen LogP contribution in [0.2, 0.25) is 0 Å². The number of aromatic nitrogens is 1. The molecule has 1 amide bonds. The molecular formula is C14H23N3O2. The van der Waals surface area contributed by atoms with Crippen LogP contribution in [0.1, 0.15) is 35.6 Å². The van der Waals surface area contributed by atoms with Gasteiger partial charge in [-0.15, -0.1) is 0 Å². The van der Waals surface area contributed by atoms with Crippen molar-refractivity contribution in [3.05, 3.63) is 23.0 Å². The molecule has 0 saturated heterocycles. The van der Waals surface area contributed by atoms with E-state index in [9.17, 15) is 9.59 Å². The summed E-state index contributed by atoms with van der Waals surface area (Å²) in [6.45, 7) is 8.09. The summed E-state index contributed by atoms with van der Waals surface area (Å²) >= 11 is 0. The predicted octanol–water partition coefficient (Wildman–Crippen LogP) is 1.27. The molecule has 0 aliphatic carbocycles. The quantitative estimate of drug-likeness (QED) is 0.761. The number of nitrogens with one attached hydrogen (secondary N) is 2. The highest BCUT2D eigenvalue weighted by molar-refractivity contribution is 5.99. The van der Waals surface area contributed by atoms with Gasteiger partial charge in [0.15, 0.2) is 5.78 Å². The molecule has 0 spiro atoms. The normalized spacial score (nSPS) is 11.1. The lowest BCUT2D eigenvalue weighted by Crippen LogP contribution is -2.40. The molecule has 0 unspecified atom stereocenters. The molecule has 5 heteroatoms. The molecule has 0 aliphatic rings. The first-order valence-corrected chi connectivity index (χ1v) is 6.47. The van der Waals surface area contributed by atoms with Crippen molar-refractivity contribution in [1.82, 2.24) is 15.2 Å². The second-order valence-corrected chi connectivity index (χ2v) is 5.31. The van der Waals surface area contributed by atoms with Crippen molar-refractivity contribution in [2.24, 2.45) is 0 Å². The van der Waals surface area contributed by atoms with Gasteiger partial charge in [-0.1, -0.05) is 0 Å². The number of carbonyl (C=O) groups is 2. The number of carbonyl (C=O) groups excluding carboxylic acids is 2. The number of likely N-dealkylation sites (N-methyl/N-ethyl adjacent to an activating group) is 1. The van der Waals surface area contributed by atoms with Gasteiger partial charge in [-0.3, -0.25) is 14.5 Å². The van der Waals surface area contributed by atoms with Crippen molar-refractivity contribution >= 4 is 11.7 Å². The molecule has 2 N–H and O–H groups in total. The van der Waals surface area contributed by atoms with Crippen LogP contribution < -0.4 is 5.32 Å². The van der Waals surface area contributed by atoms with E-state index >= 15 is 0 Å². The summed E-state index contributed by atoms with van der Waals surface area (Å²) in [7, 11) is 1.77. The molecule has 0 atom stereocenters. The first-order valence-electron chi connectivity index (χ1n) is 6.47. The highest BCUT2D eigenvalue weighted by Gasteiger charge is 2.15. The molecule has 0 aliphatic heterocycles. The summed E-state index contributed by atoms with van der Waals surface area (Å²) in [5.74, 6) is -0.0334. The van der Waals surface area contributed by atoms with Crippen molar-refractivity contribution in [2.75, 3.05) is 20.1 Å². The Bertz CT molecular complexity index is 463. The van der Waals surface area contributed by atoms with E-state index in [1.54, 1.807) is 11.9 Å². The average Bonchev–Trinajstić information content (AvgIpc) is 2.55. The third-order valence-corrected chi connectivity index (χ3v) is 2.73. The lowest BCUT2D eigenvalue weighted by Gasteiger charge is -2.16. The van der Waals surface area contributed by atoms with Crippen molar-refractivity contribution < 1.29 is 9.59 Å². The van der Waals surface area contributed by atoms with Gasteiger partial charge < -0.3 is 10.3 Å². The van der Waals surface area contributed by atoms with Gasteiger partial charge in [0.25, 0.3) is 0 Å². The largest absolute Gasteiger partial charge is 0.362 e. The molecule has 0 fully saturated rings. The molecule has 1 aromatic rings. The van der Waals surface area contributed by atoms with Crippen LogP contribution in [0.15, 0.2) is 6.07 Å². The van der Waals surface area contributed by atoms with Gasteiger partial charge in [-0.25, -0.2) is 0 Å². The molecular weight excluding hydrogens is 242 g/mol. The number of H-pyrrole nitrogens is 1. The number of Topliss-reactive ketones (excluding diaryl/α,β-unsaturated/α-hetero) is 1. The summed E-state index contributed by atoms with van der Waals surface area (Å²) in [5, 5.41) is 2.80.